The first-order valence-electron chi connectivity index (χ1n) is 8.29. The molecule has 1 atom stereocenters. The van der Waals surface area contributed by atoms with Crippen molar-refractivity contribution in [3.8, 4) is 11.5 Å². The van der Waals surface area contributed by atoms with E-state index in [-0.39, 0.29) is 0 Å². The normalized spacial score (nSPS) is 18.4. The zero-order valence-corrected chi connectivity index (χ0v) is 15.4. The number of hydrogen-bond acceptors (Lipinski definition) is 6. The number of anilines is 1. The summed E-state index contributed by atoms with van der Waals surface area (Å²) in [6.07, 6.45) is 4.33. The van der Waals surface area contributed by atoms with Crippen LogP contribution in [0.4, 0.5) is 5.69 Å². The Hall–Kier alpha value is -1.79. The fourth-order valence-electron chi connectivity index (χ4n) is 3.11. The van der Waals surface area contributed by atoms with E-state index in [0.717, 1.165) is 36.8 Å². The van der Waals surface area contributed by atoms with Crippen LogP contribution in [-0.4, -0.2) is 43.2 Å². The number of hydrogen-bond donors (Lipinski definition) is 1. The number of aromatic nitrogens is 1. The van der Waals surface area contributed by atoms with E-state index in [1.54, 1.807) is 25.6 Å². The molecule has 1 fully saturated rings. The minimum absolute atomic E-state index is 0.427. The van der Waals surface area contributed by atoms with Gasteiger partial charge >= 0.3 is 0 Å². The lowest BCUT2D eigenvalue weighted by molar-refractivity contribution is 0.208. The third kappa shape index (κ3) is 4.39. The molecule has 2 aromatic rings. The third-order valence-corrected chi connectivity index (χ3v) is 5.15. The first-order chi connectivity index (χ1) is 11.7. The van der Waals surface area contributed by atoms with Gasteiger partial charge in [0.25, 0.3) is 0 Å². The molecular formula is C18H25N3O2S. The molecule has 1 saturated heterocycles. The summed E-state index contributed by atoms with van der Waals surface area (Å²) in [6, 6.07) is 6.36. The summed E-state index contributed by atoms with van der Waals surface area (Å²) in [6.45, 7) is 5.21. The van der Waals surface area contributed by atoms with Crippen molar-refractivity contribution in [3.63, 3.8) is 0 Å². The Bertz CT molecular complexity index is 652. The molecule has 1 aromatic heterocycles. The topological polar surface area (TPSA) is 46.6 Å². The van der Waals surface area contributed by atoms with Crippen molar-refractivity contribution in [1.29, 1.82) is 0 Å². The molecule has 0 unspecified atom stereocenters. The Balaban J connectivity index is 1.62. The minimum atomic E-state index is 0.427. The number of thiazole rings is 1. The van der Waals surface area contributed by atoms with Gasteiger partial charge in [-0.05, 0) is 26.3 Å². The van der Waals surface area contributed by atoms with Crippen LogP contribution in [0.15, 0.2) is 24.4 Å². The maximum absolute atomic E-state index is 5.35. The van der Waals surface area contributed by atoms with Gasteiger partial charge in [-0.2, -0.15) is 0 Å². The first-order valence-corrected chi connectivity index (χ1v) is 9.11. The number of methoxy groups -OCH3 is 2. The van der Waals surface area contributed by atoms with Crippen molar-refractivity contribution in [3.05, 3.63) is 34.3 Å². The van der Waals surface area contributed by atoms with Gasteiger partial charge in [0, 0.05) is 47.5 Å². The molecule has 1 aliphatic rings. The van der Waals surface area contributed by atoms with Gasteiger partial charge in [-0.3, -0.25) is 4.90 Å². The average molecular weight is 347 g/mol. The van der Waals surface area contributed by atoms with Crippen LogP contribution in [0.5, 0.6) is 11.5 Å². The van der Waals surface area contributed by atoms with E-state index in [1.807, 2.05) is 24.4 Å². The van der Waals surface area contributed by atoms with Crippen LogP contribution < -0.4 is 14.8 Å². The minimum Gasteiger partial charge on any atom is -0.497 e. The lowest BCUT2D eigenvalue weighted by atomic mass is 10.1. The van der Waals surface area contributed by atoms with Crippen molar-refractivity contribution >= 4 is 17.0 Å². The summed E-state index contributed by atoms with van der Waals surface area (Å²) >= 11 is 1.79. The molecule has 0 saturated carbocycles. The molecule has 24 heavy (non-hydrogen) atoms. The van der Waals surface area contributed by atoms with Gasteiger partial charge in [0.15, 0.2) is 0 Å². The highest BCUT2D eigenvalue weighted by Crippen LogP contribution is 2.27. The van der Waals surface area contributed by atoms with Crippen LogP contribution in [0, 0.1) is 6.92 Å². The number of nitrogens with one attached hydrogen (secondary N) is 1. The van der Waals surface area contributed by atoms with E-state index >= 15 is 0 Å². The van der Waals surface area contributed by atoms with Gasteiger partial charge in [-0.1, -0.05) is 0 Å². The molecule has 130 valence electrons. The number of rotatable bonds is 6. The number of ether oxygens (including phenoxy) is 2. The smallest absolute Gasteiger partial charge is 0.124 e. The van der Waals surface area contributed by atoms with Crippen LogP contribution >= 0.6 is 11.3 Å². The van der Waals surface area contributed by atoms with E-state index in [2.05, 4.69) is 22.1 Å². The summed E-state index contributed by atoms with van der Waals surface area (Å²) in [5, 5.41) is 4.84. The predicted octanol–water partition coefficient (Wildman–Crippen LogP) is 3.55. The van der Waals surface area contributed by atoms with Crippen LogP contribution in [-0.2, 0) is 6.54 Å². The van der Waals surface area contributed by atoms with E-state index in [4.69, 9.17) is 9.47 Å². The molecule has 0 spiro atoms. The highest BCUT2D eigenvalue weighted by molar-refractivity contribution is 7.11. The average Bonchev–Trinajstić information content (AvgIpc) is 2.99. The van der Waals surface area contributed by atoms with Gasteiger partial charge in [0.05, 0.1) is 20.8 Å². The van der Waals surface area contributed by atoms with Crippen molar-refractivity contribution < 1.29 is 9.47 Å². The lowest BCUT2D eigenvalue weighted by Gasteiger charge is -2.33. The highest BCUT2D eigenvalue weighted by atomic mass is 32.1. The number of benzene rings is 1. The zero-order valence-electron chi connectivity index (χ0n) is 14.5. The Kier molecular flexibility index (Phi) is 5.58. The molecule has 6 heteroatoms. The molecule has 3 rings (SSSR count). The molecule has 0 bridgehead atoms. The Morgan fingerprint density at radius 1 is 1.25 bits per heavy atom. The molecule has 0 radical (unpaired) electrons. The molecule has 1 aliphatic heterocycles. The monoisotopic (exact) mass is 347 g/mol. The summed E-state index contributed by atoms with van der Waals surface area (Å²) in [5.74, 6) is 1.62. The highest BCUT2D eigenvalue weighted by Gasteiger charge is 2.21. The van der Waals surface area contributed by atoms with Crippen LogP contribution in [0.1, 0.15) is 22.7 Å². The van der Waals surface area contributed by atoms with Gasteiger partial charge < -0.3 is 14.8 Å². The summed E-state index contributed by atoms with van der Waals surface area (Å²) in [5.41, 5.74) is 1.04. The molecule has 2 heterocycles. The second-order valence-electron chi connectivity index (χ2n) is 6.18. The molecule has 1 N–H and O–H groups in total. The number of aryl methyl sites for hydroxylation is 1. The van der Waals surface area contributed by atoms with Crippen molar-refractivity contribution in [2.75, 3.05) is 32.6 Å². The molecule has 0 amide bonds. The van der Waals surface area contributed by atoms with Gasteiger partial charge in [-0.15, -0.1) is 11.3 Å². The van der Waals surface area contributed by atoms with Crippen molar-refractivity contribution in [1.82, 2.24) is 9.88 Å². The second-order valence-corrected chi connectivity index (χ2v) is 7.50. The molecule has 1 aromatic carbocycles. The number of likely N-dealkylation sites (tertiary alicyclic amines) is 1. The van der Waals surface area contributed by atoms with Gasteiger partial charge in [0.2, 0.25) is 0 Å². The molecule has 5 nitrogen and oxygen atoms in total. The maximum atomic E-state index is 5.35. The second kappa shape index (κ2) is 7.85. The van der Waals surface area contributed by atoms with Crippen molar-refractivity contribution in [2.45, 2.75) is 32.4 Å². The number of nitrogens with zero attached hydrogens (tertiary/aromatic N) is 2. The van der Waals surface area contributed by atoms with E-state index in [0.29, 0.717) is 6.04 Å². The van der Waals surface area contributed by atoms with E-state index in [9.17, 15) is 0 Å². The summed E-state index contributed by atoms with van der Waals surface area (Å²) in [7, 11) is 3.35. The first kappa shape index (κ1) is 17.0. The predicted molar refractivity (Wildman–Crippen MR) is 98.3 cm³/mol. The molecule has 0 aliphatic carbocycles. The Morgan fingerprint density at radius 3 is 2.62 bits per heavy atom. The van der Waals surface area contributed by atoms with Gasteiger partial charge in [0.1, 0.15) is 16.5 Å². The van der Waals surface area contributed by atoms with Crippen LogP contribution in [0.2, 0.25) is 0 Å². The van der Waals surface area contributed by atoms with Crippen molar-refractivity contribution in [2.24, 2.45) is 0 Å². The summed E-state index contributed by atoms with van der Waals surface area (Å²) < 4.78 is 10.7. The molecular weight excluding hydrogens is 322 g/mol. The lowest BCUT2D eigenvalue weighted by Crippen LogP contribution is -2.41. The SMILES string of the molecule is COc1cc(N[C@@H]2CCCN(Cc3ncc(C)s3)C2)cc(OC)c1. The third-order valence-electron chi connectivity index (χ3n) is 4.26. The number of piperidine rings is 1. The standard InChI is InChI=1S/C18H25N3O2S/c1-13-10-19-18(24-13)12-21-6-4-5-14(11-21)20-15-7-16(22-2)9-17(8-15)23-3/h7-10,14,20H,4-6,11-12H2,1-3H3/t14-/m1/s1. The summed E-state index contributed by atoms with van der Waals surface area (Å²) in [4.78, 5) is 8.25. The largest absolute Gasteiger partial charge is 0.497 e. The Labute approximate surface area is 147 Å². The fourth-order valence-corrected chi connectivity index (χ4v) is 3.94. The maximum Gasteiger partial charge on any atom is 0.124 e. The fraction of sp³-hybridized carbons (Fsp3) is 0.500. The Morgan fingerprint density at radius 2 is 2.00 bits per heavy atom. The van der Waals surface area contributed by atoms with E-state index in [1.165, 1.54) is 22.7 Å². The van der Waals surface area contributed by atoms with Crippen LogP contribution in [0.3, 0.4) is 0 Å². The zero-order chi connectivity index (χ0) is 16.9. The quantitative estimate of drug-likeness (QED) is 0.866. The van der Waals surface area contributed by atoms with Crippen LogP contribution in [0.25, 0.3) is 0 Å². The van der Waals surface area contributed by atoms with E-state index < -0.39 is 0 Å². The van der Waals surface area contributed by atoms with Gasteiger partial charge in [-0.25, -0.2) is 4.98 Å².